The number of hydrogen-bond acceptors (Lipinski definition) is 3. The number of aliphatic carboxylic acids is 1. The topological polar surface area (TPSA) is 77.8 Å². The van der Waals surface area contributed by atoms with Gasteiger partial charge in [-0.1, -0.05) is 0 Å². The molecule has 0 heterocycles. The maximum atomic E-state index is 10.1. The van der Waals surface area contributed by atoms with Crippen molar-refractivity contribution >= 4 is 5.97 Å². The third-order valence-electron chi connectivity index (χ3n) is 1.66. The molecule has 1 saturated carbocycles. The predicted molar refractivity (Wildman–Crippen MR) is 27.5 cm³/mol. The van der Waals surface area contributed by atoms with Crippen LogP contribution in [0.3, 0.4) is 0 Å². The summed E-state index contributed by atoms with van der Waals surface area (Å²) >= 11 is 0. The van der Waals surface area contributed by atoms with Crippen LogP contribution in [0, 0.1) is 5.92 Å². The summed E-state index contributed by atoms with van der Waals surface area (Å²) in [5, 5.41) is 25.7. The Bertz CT molecular complexity index is 140. The fraction of sp³-hybridized carbons (Fsp3) is 0.800. The third kappa shape index (κ3) is 0.906. The second-order valence-corrected chi connectivity index (χ2v) is 2.31. The molecular formula is C5H8O4. The lowest BCUT2D eigenvalue weighted by molar-refractivity contribution is -0.253. The lowest BCUT2D eigenvalue weighted by Gasteiger charge is -2.37. The highest BCUT2D eigenvalue weighted by Crippen LogP contribution is 2.35. The van der Waals surface area contributed by atoms with E-state index >= 15 is 0 Å². The first-order chi connectivity index (χ1) is 4.04. The Hall–Kier alpha value is -0.610. The Balaban J connectivity index is 2.55. The number of rotatable bonds is 1. The molecule has 0 amide bonds. The molecule has 0 aromatic heterocycles. The van der Waals surface area contributed by atoms with Crippen molar-refractivity contribution in [3.8, 4) is 0 Å². The molecule has 52 valence electrons. The molecule has 1 fully saturated rings. The van der Waals surface area contributed by atoms with E-state index in [1.807, 2.05) is 0 Å². The molecule has 1 aliphatic rings. The van der Waals surface area contributed by atoms with Gasteiger partial charge >= 0.3 is 5.97 Å². The molecule has 0 aromatic rings. The Kier molecular flexibility index (Phi) is 1.22. The molecule has 1 aliphatic carbocycles. The van der Waals surface area contributed by atoms with Crippen LogP contribution in [0.15, 0.2) is 0 Å². The van der Waals surface area contributed by atoms with Crippen LogP contribution in [0.5, 0.6) is 0 Å². The van der Waals surface area contributed by atoms with Crippen molar-refractivity contribution in [2.24, 2.45) is 5.92 Å². The van der Waals surface area contributed by atoms with Gasteiger partial charge in [0.15, 0.2) is 5.79 Å². The number of carbonyl (C=O) groups is 1. The normalized spacial score (nSPS) is 31.1. The molecule has 3 N–H and O–H groups in total. The molecule has 0 saturated heterocycles. The van der Waals surface area contributed by atoms with E-state index in [9.17, 15) is 4.79 Å². The van der Waals surface area contributed by atoms with E-state index in [1.165, 1.54) is 0 Å². The Morgan fingerprint density at radius 1 is 1.56 bits per heavy atom. The maximum absolute atomic E-state index is 10.1. The zero-order chi connectivity index (χ0) is 7.07. The van der Waals surface area contributed by atoms with Gasteiger partial charge in [0.1, 0.15) is 5.92 Å². The number of carboxylic acid groups (broad SMARTS) is 1. The van der Waals surface area contributed by atoms with Crippen LogP contribution in [0.4, 0.5) is 0 Å². The van der Waals surface area contributed by atoms with Gasteiger partial charge in [-0.05, 0) is 6.42 Å². The highest BCUT2D eigenvalue weighted by atomic mass is 16.5. The third-order valence-corrected chi connectivity index (χ3v) is 1.66. The zero-order valence-corrected chi connectivity index (χ0v) is 4.74. The molecule has 1 rings (SSSR count). The van der Waals surface area contributed by atoms with Crippen molar-refractivity contribution in [2.75, 3.05) is 0 Å². The lowest BCUT2D eigenvalue weighted by Crippen LogP contribution is -2.50. The van der Waals surface area contributed by atoms with E-state index in [0.717, 1.165) is 0 Å². The summed E-state index contributed by atoms with van der Waals surface area (Å²) in [6, 6.07) is 0. The van der Waals surface area contributed by atoms with E-state index in [1.54, 1.807) is 0 Å². The summed E-state index contributed by atoms with van der Waals surface area (Å²) in [7, 11) is 0. The monoisotopic (exact) mass is 132 g/mol. The predicted octanol–water partition coefficient (Wildman–Crippen LogP) is -0.838. The fourth-order valence-electron chi connectivity index (χ4n) is 0.868. The molecular weight excluding hydrogens is 124 g/mol. The van der Waals surface area contributed by atoms with E-state index < -0.39 is 17.7 Å². The van der Waals surface area contributed by atoms with Crippen molar-refractivity contribution < 1.29 is 20.1 Å². The van der Waals surface area contributed by atoms with Crippen molar-refractivity contribution in [1.29, 1.82) is 0 Å². The molecule has 0 aromatic carbocycles. The van der Waals surface area contributed by atoms with Gasteiger partial charge in [-0.15, -0.1) is 0 Å². The minimum absolute atomic E-state index is 0.171. The number of hydrogen-bond donors (Lipinski definition) is 3. The molecule has 0 aliphatic heterocycles. The average molecular weight is 132 g/mol. The Morgan fingerprint density at radius 2 is 2.11 bits per heavy atom. The molecule has 1 unspecified atom stereocenters. The lowest BCUT2D eigenvalue weighted by atomic mass is 9.78. The van der Waals surface area contributed by atoms with Crippen LogP contribution in [0.2, 0.25) is 0 Å². The first kappa shape index (κ1) is 6.51. The van der Waals surface area contributed by atoms with Crippen LogP contribution < -0.4 is 0 Å². The maximum Gasteiger partial charge on any atom is 0.311 e. The quantitative estimate of drug-likeness (QED) is 0.406. The molecule has 4 nitrogen and oxygen atoms in total. The van der Waals surface area contributed by atoms with Gasteiger partial charge in [0.05, 0.1) is 0 Å². The van der Waals surface area contributed by atoms with Gasteiger partial charge in [-0.2, -0.15) is 0 Å². The first-order valence-electron chi connectivity index (χ1n) is 2.71. The second-order valence-electron chi connectivity index (χ2n) is 2.31. The van der Waals surface area contributed by atoms with Crippen LogP contribution >= 0.6 is 0 Å². The van der Waals surface area contributed by atoms with Crippen molar-refractivity contribution in [1.82, 2.24) is 0 Å². The number of aliphatic hydroxyl groups is 2. The van der Waals surface area contributed by atoms with E-state index in [2.05, 4.69) is 0 Å². The van der Waals surface area contributed by atoms with Crippen molar-refractivity contribution in [3.05, 3.63) is 0 Å². The molecule has 9 heavy (non-hydrogen) atoms. The average Bonchev–Trinajstić information content (AvgIpc) is 1.62. The largest absolute Gasteiger partial charge is 0.481 e. The van der Waals surface area contributed by atoms with Gasteiger partial charge in [-0.25, -0.2) is 0 Å². The summed E-state index contributed by atoms with van der Waals surface area (Å²) in [5.74, 6) is -4.05. The highest BCUT2D eigenvalue weighted by molar-refractivity contribution is 5.72. The van der Waals surface area contributed by atoms with E-state index in [0.29, 0.717) is 6.42 Å². The van der Waals surface area contributed by atoms with Crippen LogP contribution in [0.1, 0.15) is 12.8 Å². The standard InChI is InChI=1S/C5H8O4/c6-4(7)3-1-2-5(3,8)9/h3,8-9H,1-2H2,(H,6,7). The van der Waals surface area contributed by atoms with E-state index in [-0.39, 0.29) is 6.42 Å². The smallest absolute Gasteiger partial charge is 0.311 e. The van der Waals surface area contributed by atoms with Crippen molar-refractivity contribution in [3.63, 3.8) is 0 Å². The summed E-state index contributed by atoms with van der Waals surface area (Å²) in [5.41, 5.74) is 0. The molecule has 0 radical (unpaired) electrons. The minimum atomic E-state index is -1.94. The zero-order valence-electron chi connectivity index (χ0n) is 4.74. The van der Waals surface area contributed by atoms with Crippen LogP contribution in [-0.4, -0.2) is 27.1 Å². The van der Waals surface area contributed by atoms with Gasteiger partial charge in [0.2, 0.25) is 0 Å². The van der Waals surface area contributed by atoms with Gasteiger partial charge < -0.3 is 15.3 Å². The molecule has 1 atom stereocenters. The van der Waals surface area contributed by atoms with Crippen LogP contribution in [-0.2, 0) is 4.79 Å². The van der Waals surface area contributed by atoms with Gasteiger partial charge in [-0.3, -0.25) is 4.79 Å². The minimum Gasteiger partial charge on any atom is -0.481 e. The van der Waals surface area contributed by atoms with Crippen molar-refractivity contribution in [2.45, 2.75) is 18.6 Å². The fourth-order valence-corrected chi connectivity index (χ4v) is 0.868. The van der Waals surface area contributed by atoms with Gasteiger partial charge in [0.25, 0.3) is 0 Å². The van der Waals surface area contributed by atoms with Crippen LogP contribution in [0.25, 0.3) is 0 Å². The molecule has 0 bridgehead atoms. The van der Waals surface area contributed by atoms with E-state index in [4.69, 9.17) is 15.3 Å². The first-order valence-corrected chi connectivity index (χ1v) is 2.71. The molecule has 0 spiro atoms. The summed E-state index contributed by atoms with van der Waals surface area (Å²) in [6.07, 6.45) is 0.534. The highest BCUT2D eigenvalue weighted by Gasteiger charge is 2.48. The summed E-state index contributed by atoms with van der Waals surface area (Å²) < 4.78 is 0. The summed E-state index contributed by atoms with van der Waals surface area (Å²) in [6.45, 7) is 0. The molecule has 4 heteroatoms. The Morgan fingerprint density at radius 3 is 2.11 bits per heavy atom. The Labute approximate surface area is 51.7 Å². The summed E-state index contributed by atoms with van der Waals surface area (Å²) in [4.78, 5) is 10.1. The number of carboxylic acids is 1. The SMILES string of the molecule is O=C(O)C1CCC1(O)O. The second kappa shape index (κ2) is 1.68. The van der Waals surface area contributed by atoms with Gasteiger partial charge in [0, 0.05) is 6.42 Å².